The van der Waals surface area contributed by atoms with E-state index in [-0.39, 0.29) is 24.0 Å². The maximum Gasteiger partial charge on any atom is 0.242 e. The Morgan fingerprint density at radius 1 is 1.26 bits per heavy atom. The van der Waals surface area contributed by atoms with Crippen molar-refractivity contribution in [3.63, 3.8) is 0 Å². The van der Waals surface area contributed by atoms with Gasteiger partial charge in [-0.2, -0.15) is 0 Å². The molecular weight excluding hydrogens is 346 g/mol. The molecule has 0 bridgehead atoms. The molecule has 1 spiro atoms. The number of aromatic nitrogens is 2. The summed E-state index contributed by atoms with van der Waals surface area (Å²) in [7, 11) is 0. The van der Waals surface area contributed by atoms with Gasteiger partial charge in [-0.05, 0) is 19.3 Å². The Morgan fingerprint density at radius 3 is 2.81 bits per heavy atom. The van der Waals surface area contributed by atoms with E-state index in [0.717, 1.165) is 51.1 Å². The molecule has 4 heterocycles. The Labute approximate surface area is 159 Å². The molecule has 8 heteroatoms. The molecule has 8 nitrogen and oxygen atoms in total. The number of amides is 2. The maximum atomic E-state index is 12.7. The molecule has 148 valence electrons. The number of morpholine rings is 1. The standard InChI is InChI=1S/C19H29N5O3/c25-17-2-1-8-23(17)14-18(26)24-12-13-27-19(15-24)4-10-22(11-5-19)9-3-16-20-6-7-21-16/h6-7H,1-5,8-15H2,(H,20,21). The number of likely N-dealkylation sites (tertiary alicyclic amines) is 2. The lowest BCUT2D eigenvalue weighted by Gasteiger charge is -2.47. The van der Waals surface area contributed by atoms with Gasteiger partial charge in [-0.15, -0.1) is 0 Å². The fourth-order valence-corrected chi connectivity index (χ4v) is 4.38. The van der Waals surface area contributed by atoms with Gasteiger partial charge in [0.1, 0.15) is 5.82 Å². The van der Waals surface area contributed by atoms with Crippen LogP contribution in [-0.4, -0.2) is 94.5 Å². The van der Waals surface area contributed by atoms with Crippen LogP contribution in [0, 0.1) is 0 Å². The van der Waals surface area contributed by atoms with Crippen molar-refractivity contribution in [2.75, 3.05) is 52.4 Å². The number of carbonyl (C=O) groups excluding carboxylic acids is 2. The maximum absolute atomic E-state index is 12.7. The van der Waals surface area contributed by atoms with E-state index in [1.165, 1.54) is 0 Å². The molecule has 3 aliphatic rings. The second-order valence-electron chi connectivity index (χ2n) is 7.89. The molecule has 4 rings (SSSR count). The third-order valence-corrected chi connectivity index (χ3v) is 6.09. The number of hydrogen-bond acceptors (Lipinski definition) is 5. The Morgan fingerprint density at radius 2 is 2.11 bits per heavy atom. The summed E-state index contributed by atoms with van der Waals surface area (Å²) < 4.78 is 6.16. The number of piperidine rings is 1. The monoisotopic (exact) mass is 375 g/mol. The number of ether oxygens (including phenoxy) is 1. The predicted octanol–water partition coefficient (Wildman–Crippen LogP) is 0.268. The van der Waals surface area contributed by atoms with Crippen LogP contribution in [0.15, 0.2) is 12.4 Å². The van der Waals surface area contributed by atoms with Crippen molar-refractivity contribution in [1.29, 1.82) is 0 Å². The van der Waals surface area contributed by atoms with Crippen LogP contribution in [0.1, 0.15) is 31.5 Å². The molecule has 0 aliphatic carbocycles. The zero-order chi connectivity index (χ0) is 18.7. The van der Waals surface area contributed by atoms with Gasteiger partial charge < -0.3 is 24.4 Å². The lowest BCUT2D eigenvalue weighted by atomic mass is 9.89. The van der Waals surface area contributed by atoms with Crippen LogP contribution in [0.25, 0.3) is 0 Å². The smallest absolute Gasteiger partial charge is 0.242 e. The highest BCUT2D eigenvalue weighted by Gasteiger charge is 2.41. The van der Waals surface area contributed by atoms with Gasteiger partial charge in [-0.1, -0.05) is 0 Å². The molecule has 3 aliphatic heterocycles. The largest absolute Gasteiger partial charge is 0.371 e. The Kier molecular flexibility index (Phi) is 5.45. The lowest BCUT2D eigenvalue weighted by molar-refractivity contribution is -0.161. The van der Waals surface area contributed by atoms with E-state index < -0.39 is 0 Å². The Bertz CT molecular complexity index is 654. The van der Waals surface area contributed by atoms with Crippen LogP contribution in [0.5, 0.6) is 0 Å². The van der Waals surface area contributed by atoms with Gasteiger partial charge in [-0.25, -0.2) is 4.98 Å². The number of hydrogen-bond donors (Lipinski definition) is 1. The highest BCUT2D eigenvalue weighted by atomic mass is 16.5. The third-order valence-electron chi connectivity index (χ3n) is 6.09. The molecule has 27 heavy (non-hydrogen) atoms. The molecule has 3 saturated heterocycles. The minimum atomic E-state index is -0.218. The number of H-pyrrole nitrogens is 1. The first kappa shape index (κ1) is 18.4. The zero-order valence-corrected chi connectivity index (χ0v) is 15.9. The molecule has 0 aromatic carbocycles. The molecule has 0 saturated carbocycles. The van der Waals surface area contributed by atoms with E-state index in [1.807, 2.05) is 11.1 Å². The Balaban J connectivity index is 1.26. The van der Waals surface area contributed by atoms with Crippen molar-refractivity contribution < 1.29 is 14.3 Å². The lowest BCUT2D eigenvalue weighted by Crippen LogP contribution is -2.59. The van der Waals surface area contributed by atoms with Crippen LogP contribution in [0.4, 0.5) is 0 Å². The topological polar surface area (TPSA) is 81.8 Å². The minimum absolute atomic E-state index is 0.0631. The van der Waals surface area contributed by atoms with Crippen molar-refractivity contribution >= 4 is 11.8 Å². The highest BCUT2D eigenvalue weighted by molar-refractivity contribution is 5.86. The van der Waals surface area contributed by atoms with E-state index in [0.29, 0.717) is 32.7 Å². The molecule has 1 aromatic rings. The number of aromatic amines is 1. The number of nitrogens with zero attached hydrogens (tertiary/aromatic N) is 4. The summed E-state index contributed by atoms with van der Waals surface area (Å²) in [5.74, 6) is 1.20. The molecule has 3 fully saturated rings. The summed E-state index contributed by atoms with van der Waals surface area (Å²) in [4.78, 5) is 38.0. The predicted molar refractivity (Wildman–Crippen MR) is 99.0 cm³/mol. The second kappa shape index (κ2) is 7.98. The van der Waals surface area contributed by atoms with E-state index >= 15 is 0 Å². The minimum Gasteiger partial charge on any atom is -0.371 e. The fourth-order valence-electron chi connectivity index (χ4n) is 4.38. The number of nitrogens with one attached hydrogen (secondary N) is 1. The van der Waals surface area contributed by atoms with Crippen LogP contribution in [0.2, 0.25) is 0 Å². The highest BCUT2D eigenvalue weighted by Crippen LogP contribution is 2.30. The zero-order valence-electron chi connectivity index (χ0n) is 15.9. The van der Waals surface area contributed by atoms with Crippen molar-refractivity contribution in [2.24, 2.45) is 0 Å². The van der Waals surface area contributed by atoms with Gasteiger partial charge in [0.2, 0.25) is 11.8 Å². The van der Waals surface area contributed by atoms with Crippen LogP contribution in [0.3, 0.4) is 0 Å². The van der Waals surface area contributed by atoms with Gasteiger partial charge in [0.05, 0.1) is 18.8 Å². The second-order valence-corrected chi connectivity index (χ2v) is 7.89. The van der Waals surface area contributed by atoms with Crippen molar-refractivity contribution in [3.8, 4) is 0 Å². The number of carbonyl (C=O) groups is 2. The number of rotatable bonds is 5. The SMILES string of the molecule is O=C1CCCN1CC(=O)N1CCOC2(CCN(CCc3ncc[nH]3)CC2)C1. The summed E-state index contributed by atoms with van der Waals surface area (Å²) in [6.07, 6.45) is 7.90. The molecule has 0 atom stereocenters. The van der Waals surface area contributed by atoms with Crippen LogP contribution in [-0.2, 0) is 20.7 Å². The molecule has 2 amide bonds. The summed E-state index contributed by atoms with van der Waals surface area (Å²) in [6, 6.07) is 0. The van der Waals surface area contributed by atoms with E-state index in [1.54, 1.807) is 11.1 Å². The average molecular weight is 375 g/mol. The van der Waals surface area contributed by atoms with Gasteiger partial charge in [-0.3, -0.25) is 9.59 Å². The van der Waals surface area contributed by atoms with Gasteiger partial charge in [0, 0.05) is 64.5 Å². The molecule has 1 aromatic heterocycles. The van der Waals surface area contributed by atoms with Crippen molar-refractivity contribution in [3.05, 3.63) is 18.2 Å². The van der Waals surface area contributed by atoms with E-state index in [9.17, 15) is 9.59 Å². The first-order valence-electron chi connectivity index (χ1n) is 10.0. The van der Waals surface area contributed by atoms with Crippen molar-refractivity contribution in [2.45, 2.75) is 37.7 Å². The van der Waals surface area contributed by atoms with Crippen LogP contribution >= 0.6 is 0 Å². The van der Waals surface area contributed by atoms with E-state index in [4.69, 9.17) is 4.74 Å². The summed E-state index contributed by atoms with van der Waals surface area (Å²) in [6.45, 7) is 5.76. The quantitative estimate of drug-likeness (QED) is 0.799. The molecular formula is C19H29N5O3. The van der Waals surface area contributed by atoms with Gasteiger partial charge in [0.25, 0.3) is 0 Å². The summed E-state index contributed by atoms with van der Waals surface area (Å²) in [5.41, 5.74) is -0.218. The third kappa shape index (κ3) is 4.32. The number of imidazole rings is 1. The van der Waals surface area contributed by atoms with Gasteiger partial charge >= 0.3 is 0 Å². The first-order valence-corrected chi connectivity index (χ1v) is 10.0. The molecule has 0 unspecified atom stereocenters. The average Bonchev–Trinajstić information content (AvgIpc) is 3.34. The summed E-state index contributed by atoms with van der Waals surface area (Å²) >= 11 is 0. The van der Waals surface area contributed by atoms with Gasteiger partial charge in [0.15, 0.2) is 0 Å². The summed E-state index contributed by atoms with van der Waals surface area (Å²) in [5, 5.41) is 0. The van der Waals surface area contributed by atoms with Crippen LogP contribution < -0.4 is 0 Å². The Hall–Kier alpha value is -1.93. The molecule has 0 radical (unpaired) electrons. The normalized spacial score (nSPS) is 23.3. The molecule has 1 N–H and O–H groups in total. The fraction of sp³-hybridized carbons (Fsp3) is 0.737. The van der Waals surface area contributed by atoms with E-state index in [2.05, 4.69) is 14.9 Å². The van der Waals surface area contributed by atoms with Crippen molar-refractivity contribution in [1.82, 2.24) is 24.7 Å². The first-order chi connectivity index (χ1) is 13.1.